The molecule has 0 bridgehead atoms. The molecule has 1 fully saturated rings. The molecule has 3 rings (SSSR count). The van der Waals surface area contributed by atoms with E-state index in [9.17, 15) is 4.79 Å². The zero-order valence-corrected chi connectivity index (χ0v) is 11.9. The Morgan fingerprint density at radius 1 is 1.10 bits per heavy atom. The number of carboxylic acids is 1. The van der Waals surface area contributed by atoms with Crippen molar-refractivity contribution in [3.05, 3.63) is 65.7 Å². The van der Waals surface area contributed by atoms with E-state index in [0.717, 1.165) is 11.6 Å². The van der Waals surface area contributed by atoms with Crippen LogP contribution in [0.1, 0.15) is 29.9 Å². The van der Waals surface area contributed by atoms with Gasteiger partial charge in [-0.2, -0.15) is 0 Å². The molecule has 21 heavy (non-hydrogen) atoms. The van der Waals surface area contributed by atoms with Gasteiger partial charge in [0.25, 0.3) is 0 Å². The summed E-state index contributed by atoms with van der Waals surface area (Å²) in [5.74, 6) is -0.0909. The molecule has 2 aromatic carbocycles. The van der Waals surface area contributed by atoms with Crippen LogP contribution in [0.2, 0.25) is 0 Å². The Labute approximate surface area is 124 Å². The minimum Gasteiger partial charge on any atom is -0.480 e. The largest absolute Gasteiger partial charge is 0.480 e. The van der Waals surface area contributed by atoms with Crippen molar-refractivity contribution in [3.63, 3.8) is 0 Å². The number of carbonyl (C=O) groups is 1. The number of hydrogen-bond acceptors (Lipinski definition) is 2. The summed E-state index contributed by atoms with van der Waals surface area (Å²) in [4.78, 5) is 13.0. The van der Waals surface area contributed by atoms with Crippen molar-refractivity contribution < 1.29 is 9.90 Å². The molecular formula is C18H19NO2. The first kappa shape index (κ1) is 13.7. The third-order valence-corrected chi connectivity index (χ3v) is 3.82. The summed E-state index contributed by atoms with van der Waals surface area (Å²) in [5, 5.41) is 9.13. The Balaban J connectivity index is 1.80. The van der Waals surface area contributed by atoms with Crippen LogP contribution in [0.15, 0.2) is 54.6 Å². The Kier molecular flexibility index (Phi) is 3.91. The summed E-state index contributed by atoms with van der Waals surface area (Å²) >= 11 is 0. The Morgan fingerprint density at radius 2 is 1.86 bits per heavy atom. The molecule has 2 aromatic rings. The lowest BCUT2D eigenvalue weighted by Gasteiger charge is -2.23. The molecule has 0 atom stereocenters. The molecule has 0 aliphatic heterocycles. The van der Waals surface area contributed by atoms with E-state index in [4.69, 9.17) is 5.11 Å². The zero-order valence-electron chi connectivity index (χ0n) is 11.9. The summed E-state index contributed by atoms with van der Waals surface area (Å²) in [6, 6.07) is 18.3. The van der Waals surface area contributed by atoms with Gasteiger partial charge in [0, 0.05) is 12.2 Å². The second kappa shape index (κ2) is 6.00. The first-order valence-corrected chi connectivity index (χ1v) is 7.33. The van der Waals surface area contributed by atoms with Gasteiger partial charge in [0.05, 0.1) is 0 Å². The quantitative estimate of drug-likeness (QED) is 0.878. The molecule has 108 valence electrons. The van der Waals surface area contributed by atoms with E-state index in [1.54, 1.807) is 0 Å². The summed E-state index contributed by atoms with van der Waals surface area (Å²) in [6.07, 6.45) is 2.56. The predicted octanol–water partition coefficient (Wildman–Crippen LogP) is 3.66. The fourth-order valence-electron chi connectivity index (χ4n) is 2.62. The van der Waals surface area contributed by atoms with E-state index in [1.165, 1.54) is 24.0 Å². The van der Waals surface area contributed by atoms with Crippen LogP contribution >= 0.6 is 0 Å². The van der Waals surface area contributed by atoms with Crippen molar-refractivity contribution in [1.82, 2.24) is 0 Å². The lowest BCUT2D eigenvalue weighted by molar-refractivity contribution is -0.135. The van der Waals surface area contributed by atoms with Crippen molar-refractivity contribution in [1.29, 1.82) is 0 Å². The molecule has 0 heterocycles. The van der Waals surface area contributed by atoms with Crippen molar-refractivity contribution in [3.8, 4) is 0 Å². The molecule has 3 nitrogen and oxygen atoms in total. The fraction of sp³-hybridized carbons (Fsp3) is 0.278. The van der Waals surface area contributed by atoms with Gasteiger partial charge < -0.3 is 10.0 Å². The fourth-order valence-corrected chi connectivity index (χ4v) is 2.62. The first-order chi connectivity index (χ1) is 10.2. The number of hydrogen-bond donors (Lipinski definition) is 1. The number of rotatable bonds is 6. The van der Waals surface area contributed by atoms with Crippen LogP contribution in [0.5, 0.6) is 0 Å². The van der Waals surface area contributed by atoms with Gasteiger partial charge in [-0.3, -0.25) is 4.79 Å². The molecule has 0 spiro atoms. The van der Waals surface area contributed by atoms with Gasteiger partial charge in [-0.15, -0.1) is 0 Å². The Bertz CT molecular complexity index is 620. The zero-order chi connectivity index (χ0) is 14.7. The predicted molar refractivity (Wildman–Crippen MR) is 83.5 cm³/mol. The first-order valence-electron chi connectivity index (χ1n) is 7.33. The molecule has 0 saturated heterocycles. The maximum absolute atomic E-state index is 11.1. The van der Waals surface area contributed by atoms with E-state index in [2.05, 4.69) is 24.3 Å². The highest BCUT2D eigenvalue weighted by Crippen LogP contribution is 2.40. The minimum atomic E-state index is -0.808. The maximum atomic E-state index is 11.1. The molecule has 1 aliphatic rings. The summed E-state index contributed by atoms with van der Waals surface area (Å²) < 4.78 is 0. The highest BCUT2D eigenvalue weighted by Gasteiger charge is 2.23. The van der Waals surface area contributed by atoms with Crippen LogP contribution < -0.4 is 4.90 Å². The second-order valence-electron chi connectivity index (χ2n) is 5.60. The number of para-hydroxylation sites is 1. The number of nitrogens with zero attached hydrogens (tertiary/aromatic N) is 1. The van der Waals surface area contributed by atoms with Gasteiger partial charge in [0.15, 0.2) is 0 Å². The molecule has 0 radical (unpaired) electrons. The smallest absolute Gasteiger partial charge is 0.323 e. The average Bonchev–Trinajstić information content (AvgIpc) is 3.32. The van der Waals surface area contributed by atoms with Gasteiger partial charge in [0.1, 0.15) is 6.54 Å². The molecule has 0 unspecified atom stereocenters. The van der Waals surface area contributed by atoms with Gasteiger partial charge in [-0.1, -0.05) is 42.5 Å². The normalized spacial score (nSPS) is 13.9. The van der Waals surface area contributed by atoms with Gasteiger partial charge in [0.2, 0.25) is 0 Å². The van der Waals surface area contributed by atoms with Gasteiger partial charge >= 0.3 is 5.97 Å². The van der Waals surface area contributed by atoms with Crippen LogP contribution in [0, 0.1) is 0 Å². The van der Waals surface area contributed by atoms with Gasteiger partial charge in [-0.25, -0.2) is 0 Å². The third-order valence-electron chi connectivity index (χ3n) is 3.82. The van der Waals surface area contributed by atoms with E-state index in [-0.39, 0.29) is 6.54 Å². The van der Waals surface area contributed by atoms with Gasteiger partial charge in [-0.05, 0) is 42.0 Å². The van der Waals surface area contributed by atoms with Crippen LogP contribution in [-0.4, -0.2) is 17.6 Å². The number of carboxylic acid groups (broad SMARTS) is 1. The molecule has 3 heteroatoms. The van der Waals surface area contributed by atoms with E-state index < -0.39 is 5.97 Å². The van der Waals surface area contributed by atoms with E-state index >= 15 is 0 Å². The lowest BCUT2D eigenvalue weighted by atomic mass is 10.1. The Morgan fingerprint density at radius 3 is 2.52 bits per heavy atom. The SMILES string of the molecule is O=C(O)CN(Cc1cccc(C2CC2)c1)c1ccccc1. The second-order valence-corrected chi connectivity index (χ2v) is 5.60. The lowest BCUT2D eigenvalue weighted by Crippen LogP contribution is -2.29. The molecule has 0 aromatic heterocycles. The summed E-state index contributed by atoms with van der Waals surface area (Å²) in [5.41, 5.74) is 3.50. The molecule has 1 saturated carbocycles. The summed E-state index contributed by atoms with van der Waals surface area (Å²) in [7, 11) is 0. The minimum absolute atomic E-state index is 0.0116. The number of aliphatic carboxylic acids is 1. The van der Waals surface area contributed by atoms with E-state index in [1.807, 2.05) is 35.2 Å². The van der Waals surface area contributed by atoms with Crippen LogP contribution in [-0.2, 0) is 11.3 Å². The van der Waals surface area contributed by atoms with Crippen LogP contribution in [0.25, 0.3) is 0 Å². The highest BCUT2D eigenvalue weighted by molar-refractivity contribution is 5.73. The third kappa shape index (κ3) is 3.63. The maximum Gasteiger partial charge on any atom is 0.323 e. The molecular weight excluding hydrogens is 262 g/mol. The van der Waals surface area contributed by atoms with Crippen LogP contribution in [0.4, 0.5) is 5.69 Å². The van der Waals surface area contributed by atoms with Crippen molar-refractivity contribution in [2.45, 2.75) is 25.3 Å². The molecule has 1 N–H and O–H groups in total. The van der Waals surface area contributed by atoms with Crippen LogP contribution in [0.3, 0.4) is 0 Å². The molecule has 0 amide bonds. The standard InChI is InChI=1S/C18H19NO2/c20-18(21)13-19(17-7-2-1-3-8-17)12-14-5-4-6-16(11-14)15-9-10-15/h1-8,11,15H,9-10,12-13H2,(H,20,21). The summed E-state index contributed by atoms with van der Waals surface area (Å²) in [6.45, 7) is 0.633. The number of benzene rings is 2. The number of anilines is 1. The monoisotopic (exact) mass is 281 g/mol. The van der Waals surface area contributed by atoms with Crippen molar-refractivity contribution >= 4 is 11.7 Å². The Hall–Kier alpha value is -2.29. The average molecular weight is 281 g/mol. The topological polar surface area (TPSA) is 40.5 Å². The molecule has 1 aliphatic carbocycles. The van der Waals surface area contributed by atoms with Crippen molar-refractivity contribution in [2.24, 2.45) is 0 Å². The van der Waals surface area contributed by atoms with Crippen molar-refractivity contribution in [2.75, 3.05) is 11.4 Å². The van der Waals surface area contributed by atoms with E-state index in [0.29, 0.717) is 6.54 Å². The highest BCUT2D eigenvalue weighted by atomic mass is 16.4.